The maximum atomic E-state index is 3.42. The minimum absolute atomic E-state index is 0.751. The van der Waals surface area contributed by atoms with Crippen LogP contribution in [-0.4, -0.2) is 6.54 Å². The molecule has 0 aromatic heterocycles. The Bertz CT molecular complexity index is 238. The SMILES string of the molecule is CC[C@H](C)CNc1ccc(C)cc1. The van der Waals surface area contributed by atoms with Crippen LogP contribution in [-0.2, 0) is 0 Å². The quantitative estimate of drug-likeness (QED) is 0.742. The average molecular weight is 177 g/mol. The van der Waals surface area contributed by atoms with Gasteiger partial charge in [-0.2, -0.15) is 0 Å². The molecule has 13 heavy (non-hydrogen) atoms. The first-order valence-corrected chi connectivity index (χ1v) is 5.03. The van der Waals surface area contributed by atoms with Gasteiger partial charge in [0.15, 0.2) is 0 Å². The molecule has 0 spiro atoms. The molecule has 1 N–H and O–H groups in total. The summed E-state index contributed by atoms with van der Waals surface area (Å²) in [5.41, 5.74) is 2.54. The Morgan fingerprint density at radius 1 is 1.23 bits per heavy atom. The van der Waals surface area contributed by atoms with Gasteiger partial charge in [-0.3, -0.25) is 0 Å². The normalized spacial score (nSPS) is 12.5. The highest BCUT2D eigenvalue weighted by Crippen LogP contribution is 2.10. The van der Waals surface area contributed by atoms with Gasteiger partial charge >= 0.3 is 0 Å². The molecule has 0 saturated carbocycles. The van der Waals surface area contributed by atoms with Crippen LogP contribution in [0.3, 0.4) is 0 Å². The number of hydrogen-bond donors (Lipinski definition) is 1. The summed E-state index contributed by atoms with van der Waals surface area (Å²) in [7, 11) is 0. The molecule has 0 aliphatic rings. The van der Waals surface area contributed by atoms with E-state index in [1.54, 1.807) is 0 Å². The summed E-state index contributed by atoms with van der Waals surface area (Å²) in [5, 5.41) is 3.42. The van der Waals surface area contributed by atoms with Crippen LogP contribution in [0, 0.1) is 12.8 Å². The van der Waals surface area contributed by atoms with Crippen molar-refractivity contribution in [1.82, 2.24) is 0 Å². The molecule has 0 aliphatic carbocycles. The van der Waals surface area contributed by atoms with Crippen LogP contribution in [0.1, 0.15) is 25.8 Å². The number of aryl methyl sites for hydroxylation is 1. The van der Waals surface area contributed by atoms with Gasteiger partial charge in [-0.15, -0.1) is 0 Å². The molecule has 1 heteroatoms. The topological polar surface area (TPSA) is 12.0 Å². The molecule has 1 aromatic carbocycles. The third-order valence-corrected chi connectivity index (χ3v) is 2.40. The van der Waals surface area contributed by atoms with Crippen LogP contribution in [0.25, 0.3) is 0 Å². The summed E-state index contributed by atoms with van der Waals surface area (Å²) in [6, 6.07) is 8.55. The smallest absolute Gasteiger partial charge is 0.0340 e. The molecule has 1 atom stereocenters. The van der Waals surface area contributed by atoms with Crippen molar-refractivity contribution in [2.24, 2.45) is 5.92 Å². The van der Waals surface area contributed by atoms with Gasteiger partial charge in [-0.1, -0.05) is 38.0 Å². The van der Waals surface area contributed by atoms with E-state index in [1.807, 2.05) is 0 Å². The lowest BCUT2D eigenvalue weighted by Gasteiger charge is -2.11. The minimum atomic E-state index is 0.751. The standard InChI is InChI=1S/C12H19N/c1-4-10(2)9-13-12-7-5-11(3)6-8-12/h5-8,10,13H,4,9H2,1-3H3/t10-/m0/s1. The highest BCUT2D eigenvalue weighted by molar-refractivity contribution is 5.44. The zero-order chi connectivity index (χ0) is 9.68. The molecule has 0 aliphatic heterocycles. The van der Waals surface area contributed by atoms with Crippen LogP contribution < -0.4 is 5.32 Å². The Morgan fingerprint density at radius 3 is 2.38 bits per heavy atom. The number of hydrogen-bond acceptors (Lipinski definition) is 1. The lowest BCUT2D eigenvalue weighted by Crippen LogP contribution is -2.09. The van der Waals surface area contributed by atoms with Gasteiger partial charge in [-0.05, 0) is 25.0 Å². The summed E-state index contributed by atoms with van der Waals surface area (Å²) < 4.78 is 0. The first kappa shape index (κ1) is 10.1. The molecule has 72 valence electrons. The van der Waals surface area contributed by atoms with E-state index in [4.69, 9.17) is 0 Å². The van der Waals surface area contributed by atoms with Gasteiger partial charge in [0.25, 0.3) is 0 Å². The van der Waals surface area contributed by atoms with Gasteiger partial charge in [0, 0.05) is 12.2 Å². The predicted molar refractivity (Wildman–Crippen MR) is 59.1 cm³/mol. The molecule has 0 radical (unpaired) electrons. The highest BCUT2D eigenvalue weighted by atomic mass is 14.9. The van der Waals surface area contributed by atoms with E-state index in [-0.39, 0.29) is 0 Å². The van der Waals surface area contributed by atoms with Crippen LogP contribution in [0.5, 0.6) is 0 Å². The summed E-state index contributed by atoms with van der Waals surface area (Å²) in [4.78, 5) is 0. The predicted octanol–water partition coefficient (Wildman–Crippen LogP) is 3.45. The van der Waals surface area contributed by atoms with Crippen molar-refractivity contribution in [3.8, 4) is 0 Å². The first-order valence-electron chi connectivity index (χ1n) is 5.03. The first-order chi connectivity index (χ1) is 6.22. The van der Waals surface area contributed by atoms with Crippen LogP contribution in [0.2, 0.25) is 0 Å². The monoisotopic (exact) mass is 177 g/mol. The highest BCUT2D eigenvalue weighted by Gasteiger charge is 1.97. The molecule has 0 heterocycles. The van der Waals surface area contributed by atoms with Gasteiger partial charge in [0.05, 0.1) is 0 Å². The lowest BCUT2D eigenvalue weighted by molar-refractivity contribution is 0.593. The molecule has 0 amide bonds. The van der Waals surface area contributed by atoms with Crippen LogP contribution >= 0.6 is 0 Å². The average Bonchev–Trinajstić information content (AvgIpc) is 2.16. The fourth-order valence-electron chi connectivity index (χ4n) is 1.11. The summed E-state index contributed by atoms with van der Waals surface area (Å²) in [6.07, 6.45) is 1.23. The summed E-state index contributed by atoms with van der Waals surface area (Å²) >= 11 is 0. The van der Waals surface area contributed by atoms with Gasteiger partial charge in [-0.25, -0.2) is 0 Å². The summed E-state index contributed by atoms with van der Waals surface area (Å²) in [5.74, 6) is 0.751. The fourth-order valence-corrected chi connectivity index (χ4v) is 1.11. The third kappa shape index (κ3) is 3.49. The zero-order valence-electron chi connectivity index (χ0n) is 8.80. The largest absolute Gasteiger partial charge is 0.385 e. The molecule has 0 fully saturated rings. The van der Waals surface area contributed by atoms with Crippen molar-refractivity contribution in [1.29, 1.82) is 0 Å². The minimum Gasteiger partial charge on any atom is -0.385 e. The van der Waals surface area contributed by atoms with Crippen LogP contribution in [0.4, 0.5) is 5.69 Å². The molecule has 1 rings (SSSR count). The van der Waals surface area contributed by atoms with Crippen molar-refractivity contribution >= 4 is 5.69 Å². The third-order valence-electron chi connectivity index (χ3n) is 2.40. The molecule has 1 aromatic rings. The Balaban J connectivity index is 2.41. The fraction of sp³-hybridized carbons (Fsp3) is 0.500. The zero-order valence-corrected chi connectivity index (χ0v) is 8.80. The van der Waals surface area contributed by atoms with Crippen LogP contribution in [0.15, 0.2) is 24.3 Å². The van der Waals surface area contributed by atoms with E-state index in [1.165, 1.54) is 17.7 Å². The van der Waals surface area contributed by atoms with Gasteiger partial charge < -0.3 is 5.32 Å². The Labute approximate surface area is 81.2 Å². The second kappa shape index (κ2) is 4.90. The van der Waals surface area contributed by atoms with Crippen molar-refractivity contribution in [2.45, 2.75) is 27.2 Å². The Hall–Kier alpha value is -0.980. The molecular formula is C12H19N. The van der Waals surface area contributed by atoms with Gasteiger partial charge in [0.1, 0.15) is 0 Å². The molecule has 0 bridgehead atoms. The Kier molecular flexibility index (Phi) is 3.81. The number of nitrogens with one attached hydrogen (secondary N) is 1. The number of anilines is 1. The second-order valence-electron chi connectivity index (χ2n) is 3.76. The van der Waals surface area contributed by atoms with Crippen molar-refractivity contribution in [3.05, 3.63) is 29.8 Å². The molecule has 0 unspecified atom stereocenters. The van der Waals surface area contributed by atoms with E-state index in [0.717, 1.165) is 12.5 Å². The van der Waals surface area contributed by atoms with E-state index in [2.05, 4.69) is 50.4 Å². The maximum Gasteiger partial charge on any atom is 0.0340 e. The Morgan fingerprint density at radius 2 is 1.85 bits per heavy atom. The molecule has 1 nitrogen and oxygen atoms in total. The molecular weight excluding hydrogens is 158 g/mol. The second-order valence-corrected chi connectivity index (χ2v) is 3.76. The van der Waals surface area contributed by atoms with E-state index in [9.17, 15) is 0 Å². The van der Waals surface area contributed by atoms with Crippen molar-refractivity contribution in [3.63, 3.8) is 0 Å². The van der Waals surface area contributed by atoms with E-state index < -0.39 is 0 Å². The molecule has 0 saturated heterocycles. The van der Waals surface area contributed by atoms with Crippen molar-refractivity contribution < 1.29 is 0 Å². The lowest BCUT2D eigenvalue weighted by atomic mass is 10.1. The van der Waals surface area contributed by atoms with E-state index >= 15 is 0 Å². The van der Waals surface area contributed by atoms with Gasteiger partial charge in [0.2, 0.25) is 0 Å². The van der Waals surface area contributed by atoms with E-state index in [0.29, 0.717) is 0 Å². The number of benzene rings is 1. The maximum absolute atomic E-state index is 3.42. The summed E-state index contributed by atoms with van der Waals surface area (Å²) in [6.45, 7) is 7.67. The number of rotatable bonds is 4. The van der Waals surface area contributed by atoms with Crippen molar-refractivity contribution in [2.75, 3.05) is 11.9 Å².